The molecule has 2 aliphatic rings. The molecule has 1 saturated heterocycles. The van der Waals surface area contributed by atoms with Crippen LogP contribution in [0.25, 0.3) is 0 Å². The minimum Gasteiger partial charge on any atom is -0.487 e. The zero-order valence-electron chi connectivity index (χ0n) is 15.4. The predicted molar refractivity (Wildman–Crippen MR) is 109 cm³/mol. The molecule has 5 rings (SSSR count). The number of hydrogen-bond acceptors (Lipinski definition) is 5. The Morgan fingerprint density at radius 3 is 2.79 bits per heavy atom. The van der Waals surface area contributed by atoms with Gasteiger partial charge in [-0.1, -0.05) is 24.3 Å². The second-order valence-electron chi connectivity index (χ2n) is 7.21. The van der Waals surface area contributed by atoms with Crippen molar-refractivity contribution in [2.24, 2.45) is 0 Å². The number of aromatic nitrogens is 1. The summed E-state index contributed by atoms with van der Waals surface area (Å²) in [6.07, 6.45) is 2.52. The lowest BCUT2D eigenvalue weighted by Gasteiger charge is -2.31. The second kappa shape index (κ2) is 7.37. The van der Waals surface area contributed by atoms with E-state index in [1.54, 1.807) is 17.5 Å². The predicted octanol–water partition coefficient (Wildman–Crippen LogP) is 3.71. The molecule has 0 N–H and O–H groups in total. The molecule has 5 nitrogen and oxygen atoms in total. The molecular formula is C22H21N3O2S. The van der Waals surface area contributed by atoms with Gasteiger partial charge in [-0.15, -0.1) is 11.3 Å². The van der Waals surface area contributed by atoms with E-state index >= 15 is 0 Å². The van der Waals surface area contributed by atoms with E-state index in [9.17, 15) is 4.79 Å². The van der Waals surface area contributed by atoms with Crippen molar-refractivity contribution in [3.05, 3.63) is 76.7 Å². The number of pyridine rings is 1. The topological polar surface area (TPSA) is 45.7 Å². The van der Waals surface area contributed by atoms with Crippen LogP contribution in [-0.4, -0.2) is 34.5 Å². The Morgan fingerprint density at radius 2 is 1.96 bits per heavy atom. The van der Waals surface area contributed by atoms with Gasteiger partial charge in [0, 0.05) is 30.6 Å². The first-order chi connectivity index (χ1) is 13.8. The van der Waals surface area contributed by atoms with Gasteiger partial charge in [0.15, 0.2) is 0 Å². The molecule has 0 aliphatic carbocycles. The molecule has 1 amide bonds. The summed E-state index contributed by atoms with van der Waals surface area (Å²) in [5, 5.41) is 2.08. The molecule has 2 aromatic heterocycles. The van der Waals surface area contributed by atoms with E-state index in [1.165, 1.54) is 4.88 Å². The van der Waals surface area contributed by atoms with Gasteiger partial charge < -0.3 is 9.64 Å². The summed E-state index contributed by atoms with van der Waals surface area (Å²) in [4.78, 5) is 23.5. The van der Waals surface area contributed by atoms with E-state index in [1.807, 2.05) is 47.4 Å². The molecule has 0 unspecified atom stereocenters. The summed E-state index contributed by atoms with van der Waals surface area (Å²) in [6, 6.07) is 17.6. The fourth-order valence-corrected chi connectivity index (χ4v) is 4.79. The van der Waals surface area contributed by atoms with Crippen LogP contribution in [0.3, 0.4) is 0 Å². The third-order valence-corrected chi connectivity index (χ3v) is 6.21. The summed E-state index contributed by atoms with van der Waals surface area (Å²) >= 11 is 1.73. The number of benzene rings is 1. The van der Waals surface area contributed by atoms with Crippen LogP contribution < -0.4 is 9.64 Å². The van der Waals surface area contributed by atoms with Crippen LogP contribution in [0.1, 0.15) is 17.0 Å². The molecule has 0 spiro atoms. The minimum atomic E-state index is -0.177. The maximum atomic E-state index is 13.7. The number of ether oxygens (including phenoxy) is 1. The highest BCUT2D eigenvalue weighted by Crippen LogP contribution is 2.37. The van der Waals surface area contributed by atoms with Crippen molar-refractivity contribution in [3.8, 4) is 5.75 Å². The van der Waals surface area contributed by atoms with Crippen molar-refractivity contribution < 1.29 is 9.53 Å². The van der Waals surface area contributed by atoms with Crippen molar-refractivity contribution in [1.29, 1.82) is 0 Å². The molecule has 4 heterocycles. The van der Waals surface area contributed by atoms with E-state index in [2.05, 4.69) is 27.4 Å². The first-order valence-corrected chi connectivity index (χ1v) is 10.4. The fourth-order valence-electron chi connectivity index (χ4n) is 4.06. The highest BCUT2D eigenvalue weighted by molar-refractivity contribution is 7.09. The first kappa shape index (κ1) is 17.4. The van der Waals surface area contributed by atoms with Gasteiger partial charge in [-0.25, -0.2) is 0 Å². The molecular weight excluding hydrogens is 370 g/mol. The Kier molecular flexibility index (Phi) is 4.58. The van der Waals surface area contributed by atoms with Crippen molar-refractivity contribution in [3.63, 3.8) is 0 Å². The van der Waals surface area contributed by atoms with Crippen LogP contribution in [0.15, 0.2) is 66.2 Å². The number of nitrogens with zero attached hydrogens (tertiary/aromatic N) is 3. The number of anilines is 1. The molecule has 0 saturated carbocycles. The molecule has 2 aliphatic heterocycles. The van der Waals surface area contributed by atoms with Gasteiger partial charge in [0.1, 0.15) is 11.9 Å². The average Bonchev–Trinajstić information content (AvgIpc) is 3.37. The Hall–Kier alpha value is -2.70. The van der Waals surface area contributed by atoms with E-state index < -0.39 is 0 Å². The van der Waals surface area contributed by atoms with E-state index in [0.29, 0.717) is 6.54 Å². The van der Waals surface area contributed by atoms with E-state index in [-0.39, 0.29) is 18.1 Å². The lowest BCUT2D eigenvalue weighted by molar-refractivity contribution is -0.123. The number of fused-ring (bicyclic) bond motifs is 3. The maximum absolute atomic E-state index is 13.7. The van der Waals surface area contributed by atoms with Crippen molar-refractivity contribution in [1.82, 2.24) is 9.88 Å². The second-order valence-corrected chi connectivity index (χ2v) is 8.25. The number of carbonyl (C=O) groups is 1. The van der Waals surface area contributed by atoms with Crippen LogP contribution >= 0.6 is 11.3 Å². The highest BCUT2D eigenvalue weighted by Gasteiger charge is 2.42. The molecule has 2 bridgehead atoms. The van der Waals surface area contributed by atoms with Gasteiger partial charge in [-0.3, -0.25) is 14.7 Å². The third kappa shape index (κ3) is 3.30. The zero-order chi connectivity index (χ0) is 18.9. The van der Waals surface area contributed by atoms with Gasteiger partial charge in [-0.05, 0) is 35.7 Å². The first-order valence-electron chi connectivity index (χ1n) is 9.51. The van der Waals surface area contributed by atoms with Crippen molar-refractivity contribution in [2.75, 3.05) is 11.4 Å². The van der Waals surface area contributed by atoms with Gasteiger partial charge in [0.05, 0.1) is 24.0 Å². The zero-order valence-corrected chi connectivity index (χ0v) is 16.2. The molecule has 142 valence electrons. The molecule has 1 aromatic carbocycles. The third-order valence-electron chi connectivity index (χ3n) is 5.35. The maximum Gasteiger partial charge on any atom is 0.244 e. The van der Waals surface area contributed by atoms with E-state index in [4.69, 9.17) is 4.74 Å². The van der Waals surface area contributed by atoms with Crippen LogP contribution in [0, 0.1) is 0 Å². The monoisotopic (exact) mass is 391 g/mol. The lowest BCUT2D eigenvalue weighted by Crippen LogP contribution is -2.45. The standard InChI is InChI=1S/C22H21N3O2S/c26-22-20-12-17(14-24(20)15-18-7-5-11-28-18)27-21-9-2-1-8-19(21)25(22)13-16-6-3-4-10-23-16/h1-11,17,20H,12-15H2/t17-,20-/m0/s1. The van der Waals surface area contributed by atoms with Crippen LogP contribution in [-0.2, 0) is 17.9 Å². The number of amides is 1. The Morgan fingerprint density at radius 1 is 1.07 bits per heavy atom. The summed E-state index contributed by atoms with van der Waals surface area (Å²) in [7, 11) is 0. The number of hydrogen-bond donors (Lipinski definition) is 0. The van der Waals surface area contributed by atoms with Crippen molar-refractivity contribution in [2.45, 2.75) is 31.7 Å². The molecule has 3 aromatic rings. The highest BCUT2D eigenvalue weighted by atomic mass is 32.1. The molecule has 6 heteroatoms. The van der Waals surface area contributed by atoms with Gasteiger partial charge in [0.2, 0.25) is 5.91 Å². The fraction of sp³-hybridized carbons (Fsp3) is 0.273. The largest absolute Gasteiger partial charge is 0.487 e. The Balaban J connectivity index is 1.50. The molecule has 2 atom stereocenters. The Labute approximate surface area is 168 Å². The minimum absolute atomic E-state index is 0.0343. The lowest BCUT2D eigenvalue weighted by atomic mass is 10.1. The Bertz CT molecular complexity index is 961. The van der Waals surface area contributed by atoms with Crippen LogP contribution in [0.4, 0.5) is 5.69 Å². The summed E-state index contributed by atoms with van der Waals surface area (Å²) in [6.45, 7) is 1.98. The smallest absolute Gasteiger partial charge is 0.244 e. The van der Waals surface area contributed by atoms with Gasteiger partial charge >= 0.3 is 0 Å². The number of thiophene rings is 1. The average molecular weight is 391 g/mol. The summed E-state index contributed by atoms with van der Waals surface area (Å²) < 4.78 is 6.34. The van der Waals surface area contributed by atoms with Crippen LogP contribution in [0.2, 0.25) is 0 Å². The normalized spacial score (nSPS) is 21.7. The number of carbonyl (C=O) groups excluding carboxylic acids is 1. The van der Waals surface area contributed by atoms with Gasteiger partial charge in [0.25, 0.3) is 0 Å². The molecule has 0 radical (unpaired) electrons. The summed E-state index contributed by atoms with van der Waals surface area (Å²) in [5.41, 5.74) is 1.69. The quantitative estimate of drug-likeness (QED) is 0.680. The van der Waals surface area contributed by atoms with Crippen LogP contribution in [0.5, 0.6) is 5.75 Å². The SMILES string of the molecule is O=C1[C@@H]2C[C@@H](CN2Cc2cccs2)Oc2ccccc2N1Cc1ccccn1. The number of rotatable bonds is 4. The summed E-state index contributed by atoms with van der Waals surface area (Å²) in [5.74, 6) is 0.897. The van der Waals surface area contributed by atoms with Gasteiger partial charge in [-0.2, -0.15) is 0 Å². The molecule has 28 heavy (non-hydrogen) atoms. The van der Waals surface area contributed by atoms with E-state index in [0.717, 1.165) is 36.6 Å². The number of para-hydroxylation sites is 2. The van der Waals surface area contributed by atoms with Crippen molar-refractivity contribution >= 4 is 22.9 Å². The molecule has 1 fully saturated rings. The number of likely N-dealkylation sites (tertiary alicyclic amines) is 1.